The second-order valence-corrected chi connectivity index (χ2v) is 5.66. The van der Waals surface area contributed by atoms with Crippen LogP contribution in [0.5, 0.6) is 0 Å². The van der Waals surface area contributed by atoms with E-state index < -0.39 is 0 Å². The van der Waals surface area contributed by atoms with Crippen molar-refractivity contribution in [3.05, 3.63) is 0 Å². The molecule has 1 heterocycles. The predicted molar refractivity (Wildman–Crippen MR) is 73.8 cm³/mol. The molecule has 2 rings (SSSR count). The number of hydrogen-bond donors (Lipinski definition) is 1. The van der Waals surface area contributed by atoms with Gasteiger partial charge in [0.1, 0.15) is 0 Å². The first-order valence-electron chi connectivity index (χ1n) is 6.72. The van der Waals surface area contributed by atoms with Crippen LogP contribution in [0.1, 0.15) is 39.5 Å². The van der Waals surface area contributed by atoms with Gasteiger partial charge in [0, 0.05) is 19.6 Å². The molecule has 1 aliphatic carbocycles. The summed E-state index contributed by atoms with van der Waals surface area (Å²) in [5.74, 6) is 0.263. The number of carbonyl (C=O) groups excluding carboxylic acids is 1. The van der Waals surface area contributed by atoms with Gasteiger partial charge in [0.05, 0.1) is 17.6 Å². The Morgan fingerprint density at radius 1 is 1.28 bits per heavy atom. The number of nitrogens with two attached hydrogens (primary N) is 1. The van der Waals surface area contributed by atoms with E-state index in [1.54, 1.807) is 0 Å². The van der Waals surface area contributed by atoms with Crippen LogP contribution in [0.25, 0.3) is 0 Å². The van der Waals surface area contributed by atoms with Crippen LogP contribution in [0, 0.1) is 5.41 Å². The second-order valence-electron chi connectivity index (χ2n) is 5.66. The molecule has 0 radical (unpaired) electrons. The van der Waals surface area contributed by atoms with Crippen molar-refractivity contribution in [1.29, 1.82) is 0 Å². The van der Waals surface area contributed by atoms with Gasteiger partial charge in [-0.2, -0.15) is 0 Å². The molecule has 2 aliphatic rings. The predicted octanol–water partition coefficient (Wildman–Crippen LogP) is 1.56. The van der Waals surface area contributed by atoms with Gasteiger partial charge in [-0.15, -0.1) is 12.4 Å². The van der Waals surface area contributed by atoms with E-state index in [2.05, 4.69) is 0 Å². The highest BCUT2D eigenvalue weighted by atomic mass is 35.5. The molecule has 1 saturated heterocycles. The lowest BCUT2D eigenvalue weighted by Gasteiger charge is -2.40. The van der Waals surface area contributed by atoms with Gasteiger partial charge in [0.15, 0.2) is 0 Å². The molecule has 18 heavy (non-hydrogen) atoms. The molecule has 1 amide bonds. The Morgan fingerprint density at radius 2 is 1.78 bits per heavy atom. The van der Waals surface area contributed by atoms with E-state index in [1.807, 2.05) is 18.7 Å². The van der Waals surface area contributed by atoms with Gasteiger partial charge in [0.25, 0.3) is 0 Å². The summed E-state index contributed by atoms with van der Waals surface area (Å²) in [4.78, 5) is 14.6. The Balaban J connectivity index is 0.00000162. The van der Waals surface area contributed by atoms with Crippen molar-refractivity contribution in [3.63, 3.8) is 0 Å². The Labute approximate surface area is 116 Å². The molecule has 0 bridgehead atoms. The molecular formula is C13H25ClN2O2. The summed E-state index contributed by atoms with van der Waals surface area (Å²) in [6.07, 6.45) is 4.47. The minimum absolute atomic E-state index is 0. The number of hydrogen-bond acceptors (Lipinski definition) is 3. The van der Waals surface area contributed by atoms with Crippen molar-refractivity contribution in [2.75, 3.05) is 19.6 Å². The molecule has 0 aromatic rings. The molecule has 1 aliphatic heterocycles. The molecule has 2 N–H and O–H groups in total. The first-order valence-corrected chi connectivity index (χ1v) is 6.72. The van der Waals surface area contributed by atoms with Crippen molar-refractivity contribution in [2.45, 2.75) is 51.7 Å². The van der Waals surface area contributed by atoms with Gasteiger partial charge in [-0.05, 0) is 26.7 Å². The van der Waals surface area contributed by atoms with E-state index >= 15 is 0 Å². The minimum atomic E-state index is -0.267. The van der Waals surface area contributed by atoms with Gasteiger partial charge in [-0.1, -0.05) is 12.8 Å². The van der Waals surface area contributed by atoms with Gasteiger partial charge in [-0.25, -0.2) is 0 Å². The molecule has 0 aromatic carbocycles. The summed E-state index contributed by atoms with van der Waals surface area (Å²) >= 11 is 0. The maximum atomic E-state index is 12.6. The second kappa shape index (κ2) is 6.22. The van der Waals surface area contributed by atoms with E-state index in [0.29, 0.717) is 19.6 Å². The summed E-state index contributed by atoms with van der Waals surface area (Å²) in [5.41, 5.74) is 5.60. The third-order valence-electron chi connectivity index (χ3n) is 4.11. The fraction of sp³-hybridized carbons (Fsp3) is 0.923. The van der Waals surface area contributed by atoms with E-state index in [-0.39, 0.29) is 35.9 Å². The number of morpholine rings is 1. The van der Waals surface area contributed by atoms with Crippen molar-refractivity contribution < 1.29 is 9.53 Å². The largest absolute Gasteiger partial charge is 0.372 e. The van der Waals surface area contributed by atoms with Crippen LogP contribution in [0.15, 0.2) is 0 Å². The van der Waals surface area contributed by atoms with Crippen molar-refractivity contribution in [2.24, 2.45) is 11.1 Å². The standard InChI is InChI=1S/C13H24N2O2.ClH/c1-10-7-15(8-11(2)17-10)12(16)13(9-14)5-3-4-6-13;/h10-11H,3-9,14H2,1-2H3;1H. The Bertz CT molecular complexity index is 283. The van der Waals surface area contributed by atoms with Gasteiger partial charge in [0.2, 0.25) is 5.91 Å². The molecule has 0 aromatic heterocycles. The van der Waals surface area contributed by atoms with Crippen molar-refractivity contribution in [3.8, 4) is 0 Å². The molecule has 4 nitrogen and oxygen atoms in total. The normalized spacial score (nSPS) is 30.9. The highest BCUT2D eigenvalue weighted by Crippen LogP contribution is 2.39. The topological polar surface area (TPSA) is 55.6 Å². The number of ether oxygens (including phenoxy) is 1. The first kappa shape index (κ1) is 15.7. The molecule has 5 heteroatoms. The summed E-state index contributed by atoms with van der Waals surface area (Å²) in [5, 5.41) is 0. The lowest BCUT2D eigenvalue weighted by Crippen LogP contribution is -2.54. The fourth-order valence-electron chi connectivity index (χ4n) is 3.24. The highest BCUT2D eigenvalue weighted by Gasteiger charge is 2.43. The number of carbonyl (C=O) groups is 1. The first-order chi connectivity index (χ1) is 8.07. The van der Waals surface area contributed by atoms with Crippen LogP contribution in [0.2, 0.25) is 0 Å². The van der Waals surface area contributed by atoms with Crippen LogP contribution in [0.4, 0.5) is 0 Å². The van der Waals surface area contributed by atoms with Crippen LogP contribution in [-0.4, -0.2) is 42.6 Å². The Morgan fingerprint density at radius 3 is 2.22 bits per heavy atom. The molecule has 1 saturated carbocycles. The van der Waals surface area contributed by atoms with Crippen LogP contribution in [-0.2, 0) is 9.53 Å². The lowest BCUT2D eigenvalue weighted by molar-refractivity contribution is -0.153. The summed E-state index contributed by atoms with van der Waals surface area (Å²) in [6, 6.07) is 0. The van der Waals surface area contributed by atoms with Crippen LogP contribution < -0.4 is 5.73 Å². The zero-order chi connectivity index (χ0) is 12.5. The zero-order valence-corrected chi connectivity index (χ0v) is 12.2. The third kappa shape index (κ3) is 2.98. The molecule has 106 valence electrons. The van der Waals surface area contributed by atoms with Gasteiger partial charge < -0.3 is 15.4 Å². The Hall–Kier alpha value is -0.320. The summed E-state index contributed by atoms with van der Waals surface area (Å²) in [6.45, 7) is 5.97. The van der Waals surface area contributed by atoms with Crippen molar-refractivity contribution >= 4 is 18.3 Å². The SMILES string of the molecule is CC1CN(C(=O)C2(CN)CCCC2)CC(C)O1.Cl. The number of rotatable bonds is 2. The van der Waals surface area contributed by atoms with Crippen LogP contribution >= 0.6 is 12.4 Å². The smallest absolute Gasteiger partial charge is 0.230 e. The van der Waals surface area contributed by atoms with Crippen LogP contribution in [0.3, 0.4) is 0 Å². The average molecular weight is 277 g/mol. The molecular weight excluding hydrogens is 252 g/mol. The highest BCUT2D eigenvalue weighted by molar-refractivity contribution is 5.85. The van der Waals surface area contributed by atoms with E-state index in [9.17, 15) is 4.79 Å². The summed E-state index contributed by atoms with van der Waals surface area (Å²) < 4.78 is 5.67. The van der Waals surface area contributed by atoms with E-state index in [1.165, 1.54) is 0 Å². The van der Waals surface area contributed by atoms with Gasteiger partial charge >= 0.3 is 0 Å². The van der Waals surface area contributed by atoms with Crippen molar-refractivity contribution in [1.82, 2.24) is 4.90 Å². The maximum Gasteiger partial charge on any atom is 0.230 e. The molecule has 2 fully saturated rings. The number of halogens is 1. The Kier molecular flexibility index (Phi) is 5.44. The molecule has 2 atom stereocenters. The fourth-order valence-corrected chi connectivity index (χ4v) is 3.24. The minimum Gasteiger partial charge on any atom is -0.372 e. The average Bonchev–Trinajstić information content (AvgIpc) is 2.76. The summed E-state index contributed by atoms with van der Waals surface area (Å²) in [7, 11) is 0. The monoisotopic (exact) mass is 276 g/mol. The maximum absolute atomic E-state index is 12.6. The quantitative estimate of drug-likeness (QED) is 0.833. The molecule has 2 unspecified atom stereocenters. The molecule has 0 spiro atoms. The number of nitrogens with zero attached hydrogens (tertiary/aromatic N) is 1. The van der Waals surface area contributed by atoms with Gasteiger partial charge in [-0.3, -0.25) is 4.79 Å². The van der Waals surface area contributed by atoms with E-state index in [4.69, 9.17) is 10.5 Å². The van der Waals surface area contributed by atoms with E-state index in [0.717, 1.165) is 25.7 Å². The lowest BCUT2D eigenvalue weighted by atomic mass is 9.84. The zero-order valence-electron chi connectivity index (χ0n) is 11.4. The number of amides is 1. The third-order valence-corrected chi connectivity index (χ3v) is 4.11.